The molecule has 0 aliphatic rings. The smallest absolute Gasteiger partial charge is 0.340 e. The zero-order chi connectivity index (χ0) is 17.2. The highest BCUT2D eigenvalue weighted by Crippen LogP contribution is 2.28. The number of hydrogen-bond acceptors (Lipinski definition) is 3. The fourth-order valence-electron chi connectivity index (χ4n) is 2.14. The minimum atomic E-state index is -4.28. The number of alkyl halides is 3. The van der Waals surface area contributed by atoms with Crippen LogP contribution in [0.4, 0.5) is 13.2 Å². The van der Waals surface area contributed by atoms with Crippen LogP contribution in [0.3, 0.4) is 0 Å². The van der Waals surface area contributed by atoms with Crippen molar-refractivity contribution < 1.29 is 18.0 Å². The lowest BCUT2D eigenvalue weighted by molar-refractivity contribution is -0.136. The van der Waals surface area contributed by atoms with Gasteiger partial charge in [0.05, 0.1) is 6.42 Å². The number of aryl methyl sites for hydroxylation is 2. The van der Waals surface area contributed by atoms with Gasteiger partial charge < -0.3 is 4.90 Å². The van der Waals surface area contributed by atoms with Gasteiger partial charge in [-0.05, 0) is 19.4 Å². The summed E-state index contributed by atoms with van der Waals surface area (Å²) in [4.78, 5) is 17.5. The molecule has 7 heteroatoms. The number of aromatic nitrogens is 1. The van der Waals surface area contributed by atoms with Crippen molar-refractivity contribution in [1.29, 1.82) is 0 Å². The summed E-state index contributed by atoms with van der Waals surface area (Å²) in [5, 5.41) is 2.27. The van der Waals surface area contributed by atoms with Crippen LogP contribution in [0.25, 0.3) is 10.6 Å². The summed E-state index contributed by atoms with van der Waals surface area (Å²) in [5.74, 6) is -0.499. The molecular formula is C16H17F3N2OS. The Hall–Kier alpha value is -1.89. The van der Waals surface area contributed by atoms with E-state index in [9.17, 15) is 18.0 Å². The molecule has 124 valence electrons. The molecule has 0 saturated heterocycles. The minimum absolute atomic E-state index is 0.176. The van der Waals surface area contributed by atoms with Crippen molar-refractivity contribution in [1.82, 2.24) is 9.88 Å². The summed E-state index contributed by atoms with van der Waals surface area (Å²) < 4.78 is 36.7. The predicted octanol–water partition coefficient (Wildman–Crippen LogP) is 4.45. The first kappa shape index (κ1) is 17.5. The zero-order valence-corrected chi connectivity index (χ0v) is 13.9. The van der Waals surface area contributed by atoms with Crippen molar-refractivity contribution in [2.45, 2.75) is 26.4 Å². The van der Waals surface area contributed by atoms with Gasteiger partial charge in [-0.1, -0.05) is 23.8 Å². The van der Waals surface area contributed by atoms with Gasteiger partial charge in [-0.25, -0.2) is 4.98 Å². The molecule has 0 unspecified atom stereocenters. The van der Waals surface area contributed by atoms with Crippen LogP contribution in [0.2, 0.25) is 0 Å². The van der Waals surface area contributed by atoms with E-state index in [1.165, 1.54) is 18.4 Å². The molecule has 0 radical (unpaired) electrons. The number of rotatable bonds is 4. The van der Waals surface area contributed by atoms with Crippen LogP contribution in [0.5, 0.6) is 0 Å². The van der Waals surface area contributed by atoms with Gasteiger partial charge in [-0.2, -0.15) is 13.2 Å². The standard InChI is InChI=1S/C16H17F3N2OS/c1-10-4-5-12(11(2)8-10)14-20-13(9-23-14)15(22)21(3)7-6-16(17,18)19/h4-5,8-9H,6-7H2,1-3H3. The molecule has 1 amide bonds. The van der Waals surface area contributed by atoms with Crippen LogP contribution in [0, 0.1) is 13.8 Å². The van der Waals surface area contributed by atoms with Crippen molar-refractivity contribution in [2.24, 2.45) is 0 Å². The quantitative estimate of drug-likeness (QED) is 0.822. The van der Waals surface area contributed by atoms with E-state index >= 15 is 0 Å². The molecule has 0 N–H and O–H groups in total. The van der Waals surface area contributed by atoms with Crippen LogP contribution in [0.15, 0.2) is 23.6 Å². The van der Waals surface area contributed by atoms with Crippen molar-refractivity contribution in [3.05, 3.63) is 40.4 Å². The monoisotopic (exact) mass is 342 g/mol. The number of halogens is 3. The van der Waals surface area contributed by atoms with Crippen molar-refractivity contribution in [2.75, 3.05) is 13.6 Å². The summed E-state index contributed by atoms with van der Waals surface area (Å²) in [7, 11) is 1.35. The van der Waals surface area contributed by atoms with E-state index in [0.29, 0.717) is 5.01 Å². The zero-order valence-electron chi connectivity index (χ0n) is 13.1. The third-order valence-electron chi connectivity index (χ3n) is 3.41. The Morgan fingerprint density at radius 3 is 2.61 bits per heavy atom. The maximum Gasteiger partial charge on any atom is 0.390 e. The molecule has 3 nitrogen and oxygen atoms in total. The SMILES string of the molecule is Cc1ccc(-c2nc(C(=O)N(C)CCC(F)(F)F)cs2)c(C)c1. The normalized spacial score (nSPS) is 11.6. The van der Waals surface area contributed by atoms with E-state index in [0.717, 1.165) is 21.6 Å². The Balaban J connectivity index is 2.13. The average molecular weight is 342 g/mol. The summed E-state index contributed by atoms with van der Waals surface area (Å²) >= 11 is 1.31. The number of carbonyl (C=O) groups excluding carboxylic acids is 1. The van der Waals surface area contributed by atoms with E-state index in [4.69, 9.17) is 0 Å². The van der Waals surface area contributed by atoms with Crippen LogP contribution in [-0.4, -0.2) is 35.6 Å². The van der Waals surface area contributed by atoms with E-state index in [1.54, 1.807) is 5.38 Å². The molecule has 1 heterocycles. The van der Waals surface area contributed by atoms with Crippen LogP contribution in [0.1, 0.15) is 28.0 Å². The Morgan fingerprint density at radius 1 is 1.30 bits per heavy atom. The third-order valence-corrected chi connectivity index (χ3v) is 4.29. The van der Waals surface area contributed by atoms with Crippen molar-refractivity contribution >= 4 is 17.2 Å². The third kappa shape index (κ3) is 4.54. The Morgan fingerprint density at radius 2 is 2.00 bits per heavy atom. The van der Waals surface area contributed by atoms with Crippen LogP contribution < -0.4 is 0 Å². The average Bonchev–Trinajstić information content (AvgIpc) is 2.92. The number of nitrogens with zero attached hydrogens (tertiary/aromatic N) is 2. The van der Waals surface area contributed by atoms with Gasteiger partial charge in [0.1, 0.15) is 10.7 Å². The molecule has 0 aliphatic heterocycles. The summed E-state index contributed by atoms with van der Waals surface area (Å²) in [5.41, 5.74) is 3.28. The second-order valence-corrected chi connectivity index (χ2v) is 6.31. The van der Waals surface area contributed by atoms with Gasteiger partial charge in [0, 0.05) is 24.5 Å². The highest BCUT2D eigenvalue weighted by molar-refractivity contribution is 7.13. The number of thiazole rings is 1. The summed E-state index contributed by atoms with van der Waals surface area (Å²) in [6.45, 7) is 3.57. The molecule has 1 aromatic carbocycles. The lowest BCUT2D eigenvalue weighted by Crippen LogP contribution is -2.30. The Labute approximate surface area is 136 Å². The summed E-state index contributed by atoms with van der Waals surface area (Å²) in [6.07, 6.45) is -5.30. The van der Waals surface area contributed by atoms with Crippen molar-refractivity contribution in [3.63, 3.8) is 0 Å². The molecule has 0 aliphatic carbocycles. The first-order valence-corrected chi connectivity index (χ1v) is 7.91. The second kappa shape index (κ2) is 6.70. The molecule has 0 fully saturated rings. The van der Waals surface area contributed by atoms with E-state index in [1.807, 2.05) is 32.0 Å². The molecule has 0 spiro atoms. The number of hydrogen-bond donors (Lipinski definition) is 0. The molecule has 0 bridgehead atoms. The van der Waals surface area contributed by atoms with E-state index in [2.05, 4.69) is 4.98 Å². The maximum atomic E-state index is 12.2. The molecule has 2 rings (SSSR count). The Kier molecular flexibility index (Phi) is 5.09. The lowest BCUT2D eigenvalue weighted by Gasteiger charge is -2.16. The van der Waals surface area contributed by atoms with Gasteiger partial charge in [-0.3, -0.25) is 4.79 Å². The van der Waals surface area contributed by atoms with Crippen LogP contribution >= 0.6 is 11.3 Å². The second-order valence-electron chi connectivity index (χ2n) is 5.45. The van der Waals surface area contributed by atoms with E-state index < -0.39 is 18.5 Å². The molecule has 1 aromatic heterocycles. The lowest BCUT2D eigenvalue weighted by atomic mass is 10.1. The summed E-state index contributed by atoms with van der Waals surface area (Å²) in [6, 6.07) is 5.92. The van der Waals surface area contributed by atoms with Gasteiger partial charge in [-0.15, -0.1) is 11.3 Å². The number of amides is 1. The first-order chi connectivity index (χ1) is 10.7. The van der Waals surface area contributed by atoms with Gasteiger partial charge in [0.25, 0.3) is 5.91 Å². The highest BCUT2D eigenvalue weighted by atomic mass is 32.1. The number of carbonyl (C=O) groups is 1. The van der Waals surface area contributed by atoms with Gasteiger partial charge in [0.15, 0.2) is 0 Å². The Bertz CT molecular complexity index is 710. The van der Waals surface area contributed by atoms with Gasteiger partial charge >= 0.3 is 6.18 Å². The fourth-order valence-corrected chi connectivity index (χ4v) is 3.02. The number of benzene rings is 1. The molecular weight excluding hydrogens is 325 g/mol. The first-order valence-electron chi connectivity index (χ1n) is 7.03. The van der Waals surface area contributed by atoms with Crippen molar-refractivity contribution in [3.8, 4) is 10.6 Å². The molecule has 0 atom stereocenters. The topological polar surface area (TPSA) is 33.2 Å². The molecule has 23 heavy (non-hydrogen) atoms. The largest absolute Gasteiger partial charge is 0.390 e. The highest BCUT2D eigenvalue weighted by Gasteiger charge is 2.28. The maximum absolute atomic E-state index is 12.2. The molecule has 2 aromatic rings. The van der Waals surface area contributed by atoms with Crippen LogP contribution in [-0.2, 0) is 0 Å². The minimum Gasteiger partial charge on any atom is -0.340 e. The fraction of sp³-hybridized carbons (Fsp3) is 0.375. The van der Waals surface area contributed by atoms with Gasteiger partial charge in [0.2, 0.25) is 0 Å². The molecule has 0 saturated carbocycles. The van der Waals surface area contributed by atoms with E-state index in [-0.39, 0.29) is 12.2 Å². The predicted molar refractivity (Wildman–Crippen MR) is 84.7 cm³/mol.